The van der Waals surface area contributed by atoms with Crippen molar-refractivity contribution in [1.29, 1.82) is 0 Å². The number of anilines is 1. The number of rotatable bonds is 4. The van der Waals surface area contributed by atoms with Crippen LogP contribution in [-0.4, -0.2) is 22.8 Å². The minimum Gasteiger partial charge on any atom is -0.457 e. The Hall–Kier alpha value is -4.05. The van der Waals surface area contributed by atoms with E-state index in [0.29, 0.717) is 22.6 Å². The van der Waals surface area contributed by atoms with Crippen molar-refractivity contribution in [2.45, 2.75) is 13.8 Å². The molecule has 1 aliphatic heterocycles. The van der Waals surface area contributed by atoms with Gasteiger partial charge in [0.05, 0.1) is 10.6 Å². The molecular weight excluding hydrogens is 494 g/mol. The first-order valence-corrected chi connectivity index (χ1v) is 10.5. The SMILES string of the molecule is Cc1cc(-c2ccc(/C=C3\C(=O)NC(=O)N(c4ccc(Br)cc4)C3=O)o2)cc([N+](=O)[O-])c1C. The van der Waals surface area contributed by atoms with Crippen LogP contribution in [-0.2, 0) is 9.59 Å². The third kappa shape index (κ3) is 4.20. The first kappa shape index (κ1) is 22.2. The Labute approximate surface area is 196 Å². The molecule has 1 aromatic heterocycles. The Balaban J connectivity index is 1.69. The van der Waals surface area contributed by atoms with Crippen LogP contribution in [0.1, 0.15) is 16.9 Å². The highest BCUT2D eigenvalue weighted by molar-refractivity contribution is 9.10. The lowest BCUT2D eigenvalue weighted by atomic mass is 10.0. The summed E-state index contributed by atoms with van der Waals surface area (Å²) in [5.74, 6) is -1.14. The highest BCUT2D eigenvalue weighted by Crippen LogP contribution is 2.31. The van der Waals surface area contributed by atoms with Crippen molar-refractivity contribution >= 4 is 51.2 Å². The molecule has 1 N–H and O–H groups in total. The maximum atomic E-state index is 13.0. The number of benzene rings is 2. The number of barbiturate groups is 1. The average molecular weight is 510 g/mol. The Morgan fingerprint density at radius 2 is 1.76 bits per heavy atom. The summed E-state index contributed by atoms with van der Waals surface area (Å²) >= 11 is 3.29. The van der Waals surface area contributed by atoms with Gasteiger partial charge in [-0.15, -0.1) is 0 Å². The minimum absolute atomic E-state index is 0.0354. The molecule has 2 heterocycles. The van der Waals surface area contributed by atoms with E-state index in [4.69, 9.17) is 4.42 Å². The second kappa shape index (κ2) is 8.47. The monoisotopic (exact) mass is 509 g/mol. The van der Waals surface area contributed by atoms with E-state index < -0.39 is 22.8 Å². The summed E-state index contributed by atoms with van der Waals surface area (Å²) in [4.78, 5) is 49.3. The number of aryl methyl sites for hydroxylation is 1. The van der Waals surface area contributed by atoms with Crippen molar-refractivity contribution in [3.8, 4) is 11.3 Å². The molecule has 0 atom stereocenters. The molecule has 9 nitrogen and oxygen atoms in total. The zero-order valence-electron chi connectivity index (χ0n) is 17.4. The number of halogens is 1. The largest absolute Gasteiger partial charge is 0.457 e. The third-order valence-corrected chi connectivity index (χ3v) is 5.75. The van der Waals surface area contributed by atoms with Gasteiger partial charge < -0.3 is 4.42 Å². The fourth-order valence-corrected chi connectivity index (χ4v) is 3.65. The molecule has 4 rings (SSSR count). The molecule has 33 heavy (non-hydrogen) atoms. The lowest BCUT2D eigenvalue weighted by Gasteiger charge is -2.26. The van der Waals surface area contributed by atoms with Crippen LogP contribution < -0.4 is 10.2 Å². The number of nitrogens with one attached hydrogen (secondary N) is 1. The van der Waals surface area contributed by atoms with Gasteiger partial charge in [-0.3, -0.25) is 25.0 Å². The first-order valence-electron chi connectivity index (χ1n) is 9.68. The molecular formula is C23H16BrN3O6. The molecule has 0 radical (unpaired) electrons. The molecule has 0 bridgehead atoms. The van der Waals surface area contributed by atoms with Gasteiger partial charge in [-0.1, -0.05) is 15.9 Å². The van der Waals surface area contributed by atoms with Crippen LogP contribution in [0.3, 0.4) is 0 Å². The second-order valence-electron chi connectivity index (χ2n) is 7.33. The van der Waals surface area contributed by atoms with Crippen LogP contribution in [0, 0.1) is 24.0 Å². The predicted octanol–water partition coefficient (Wildman–Crippen LogP) is 4.90. The number of urea groups is 1. The number of carbonyl (C=O) groups excluding carboxylic acids is 3. The van der Waals surface area contributed by atoms with Gasteiger partial charge in [-0.25, -0.2) is 9.69 Å². The van der Waals surface area contributed by atoms with Crippen LogP contribution in [0.15, 0.2) is 63.0 Å². The Kier molecular flexibility index (Phi) is 5.69. The van der Waals surface area contributed by atoms with E-state index in [-0.39, 0.29) is 17.0 Å². The molecule has 4 amide bonds. The van der Waals surface area contributed by atoms with Gasteiger partial charge in [0.2, 0.25) is 0 Å². The number of nitro benzene ring substituents is 1. The predicted molar refractivity (Wildman–Crippen MR) is 123 cm³/mol. The molecule has 2 aromatic carbocycles. The first-order chi connectivity index (χ1) is 15.7. The highest BCUT2D eigenvalue weighted by atomic mass is 79.9. The Morgan fingerprint density at radius 1 is 1.06 bits per heavy atom. The maximum Gasteiger partial charge on any atom is 0.335 e. The minimum atomic E-state index is -0.855. The van der Waals surface area contributed by atoms with Gasteiger partial charge in [0.1, 0.15) is 17.1 Å². The van der Waals surface area contributed by atoms with E-state index in [1.165, 1.54) is 18.2 Å². The fraction of sp³-hybridized carbons (Fsp3) is 0.0870. The lowest BCUT2D eigenvalue weighted by Crippen LogP contribution is -2.54. The lowest BCUT2D eigenvalue weighted by molar-refractivity contribution is -0.385. The number of nitrogens with zero attached hydrogens (tertiary/aromatic N) is 2. The summed E-state index contributed by atoms with van der Waals surface area (Å²) in [6.07, 6.45) is 1.23. The summed E-state index contributed by atoms with van der Waals surface area (Å²) in [5, 5.41) is 13.5. The third-order valence-electron chi connectivity index (χ3n) is 5.22. The number of nitro groups is 1. The Morgan fingerprint density at radius 3 is 2.42 bits per heavy atom. The summed E-state index contributed by atoms with van der Waals surface area (Å²) < 4.78 is 6.50. The van der Waals surface area contributed by atoms with E-state index in [2.05, 4.69) is 21.2 Å². The van der Waals surface area contributed by atoms with Gasteiger partial charge in [0.25, 0.3) is 17.5 Å². The summed E-state index contributed by atoms with van der Waals surface area (Å²) in [6, 6.07) is 11.9. The van der Waals surface area contributed by atoms with E-state index in [0.717, 1.165) is 14.9 Å². The molecule has 0 unspecified atom stereocenters. The van der Waals surface area contributed by atoms with Gasteiger partial charge in [0.15, 0.2) is 0 Å². The van der Waals surface area contributed by atoms with Crippen molar-refractivity contribution in [3.63, 3.8) is 0 Å². The molecule has 0 saturated carbocycles. The van der Waals surface area contributed by atoms with Crippen molar-refractivity contribution in [2.75, 3.05) is 4.90 Å². The topological polar surface area (TPSA) is 123 Å². The average Bonchev–Trinajstić information content (AvgIpc) is 3.22. The number of carbonyl (C=O) groups is 3. The van der Waals surface area contributed by atoms with E-state index in [9.17, 15) is 24.5 Å². The molecule has 3 aromatic rings. The molecule has 10 heteroatoms. The van der Waals surface area contributed by atoms with Crippen LogP contribution in [0.5, 0.6) is 0 Å². The smallest absolute Gasteiger partial charge is 0.335 e. The normalized spacial score (nSPS) is 15.2. The summed E-state index contributed by atoms with van der Waals surface area (Å²) in [5.41, 5.74) is 1.74. The van der Waals surface area contributed by atoms with Crippen molar-refractivity contribution in [1.82, 2.24) is 5.32 Å². The number of hydrogen-bond acceptors (Lipinski definition) is 6. The fourth-order valence-electron chi connectivity index (χ4n) is 3.38. The molecule has 0 spiro atoms. The molecule has 1 aliphatic rings. The van der Waals surface area contributed by atoms with Crippen LogP contribution >= 0.6 is 15.9 Å². The van der Waals surface area contributed by atoms with E-state index in [1.54, 1.807) is 50.2 Å². The second-order valence-corrected chi connectivity index (χ2v) is 8.25. The highest BCUT2D eigenvalue weighted by Gasteiger charge is 2.37. The molecule has 166 valence electrons. The van der Waals surface area contributed by atoms with Crippen molar-refractivity contribution in [3.05, 3.63) is 85.6 Å². The van der Waals surface area contributed by atoms with Gasteiger partial charge in [0, 0.05) is 21.7 Å². The Bertz CT molecular complexity index is 1360. The zero-order chi connectivity index (χ0) is 23.9. The molecule has 1 fully saturated rings. The number of hydrogen-bond donors (Lipinski definition) is 1. The summed E-state index contributed by atoms with van der Waals surface area (Å²) in [6.45, 7) is 3.43. The van der Waals surface area contributed by atoms with Gasteiger partial charge in [-0.05, 0) is 68.0 Å². The standard InChI is InChI=1S/C23H16BrN3O6/c1-12-9-14(10-19(13(12)2)27(31)32)20-8-7-17(33-20)11-18-21(28)25-23(30)26(22(18)29)16-5-3-15(24)4-6-16/h3-11H,1-2H3,(H,25,28,30)/b18-11+. The van der Waals surface area contributed by atoms with Crippen molar-refractivity contribution in [2.24, 2.45) is 0 Å². The number of furan rings is 1. The summed E-state index contributed by atoms with van der Waals surface area (Å²) in [7, 11) is 0. The zero-order valence-corrected chi connectivity index (χ0v) is 19.0. The van der Waals surface area contributed by atoms with Crippen LogP contribution in [0.2, 0.25) is 0 Å². The molecule has 1 saturated heterocycles. The van der Waals surface area contributed by atoms with E-state index >= 15 is 0 Å². The van der Waals surface area contributed by atoms with Crippen molar-refractivity contribution < 1.29 is 23.7 Å². The van der Waals surface area contributed by atoms with Gasteiger partial charge in [-0.2, -0.15) is 0 Å². The number of amides is 4. The maximum absolute atomic E-state index is 13.0. The van der Waals surface area contributed by atoms with E-state index in [1.807, 2.05) is 0 Å². The van der Waals surface area contributed by atoms with Gasteiger partial charge >= 0.3 is 6.03 Å². The quantitative estimate of drug-likeness (QED) is 0.231. The van der Waals surface area contributed by atoms with Crippen LogP contribution in [0.25, 0.3) is 17.4 Å². The molecule has 0 aliphatic carbocycles. The number of imide groups is 2. The van der Waals surface area contributed by atoms with Crippen LogP contribution in [0.4, 0.5) is 16.2 Å².